The number of hydrazone groups is 1. The van der Waals surface area contributed by atoms with Crippen molar-refractivity contribution in [2.24, 2.45) is 11.0 Å². The van der Waals surface area contributed by atoms with Crippen LogP contribution in [0.1, 0.15) is 25.8 Å². The minimum atomic E-state index is -1.03. The normalized spacial score (nSPS) is 21.1. The summed E-state index contributed by atoms with van der Waals surface area (Å²) in [4.78, 5) is 12.1. The van der Waals surface area contributed by atoms with Gasteiger partial charge < -0.3 is 0 Å². The van der Waals surface area contributed by atoms with Crippen molar-refractivity contribution in [3.05, 3.63) is 35.4 Å². The Bertz CT molecular complexity index is 620. The minimum Gasteiger partial charge on any atom is -0.273 e. The standard InChI is InChI=1S/C15H18N2O2S/c1-10(15-11(2)9-14(18)16-17-15)8-12-6-4-5-7-13(12)20(3)19/h4-8,11H,9H2,1-3H3,(H,16,18). The summed E-state index contributed by atoms with van der Waals surface area (Å²) in [6.45, 7) is 3.95. The zero-order valence-corrected chi connectivity index (χ0v) is 12.7. The molecule has 1 aliphatic rings. The van der Waals surface area contributed by atoms with Gasteiger partial charge in [0.05, 0.1) is 16.5 Å². The van der Waals surface area contributed by atoms with E-state index in [9.17, 15) is 9.00 Å². The lowest BCUT2D eigenvalue weighted by Gasteiger charge is -2.19. The lowest BCUT2D eigenvalue weighted by Crippen LogP contribution is -2.31. The Balaban J connectivity index is 2.36. The molecule has 106 valence electrons. The van der Waals surface area contributed by atoms with Crippen LogP contribution < -0.4 is 5.43 Å². The number of nitrogens with zero attached hydrogens (tertiary/aromatic N) is 1. The predicted octanol–water partition coefficient (Wildman–Crippen LogP) is 2.34. The summed E-state index contributed by atoms with van der Waals surface area (Å²) in [5, 5.41) is 4.14. The van der Waals surface area contributed by atoms with Crippen LogP contribution in [0.15, 0.2) is 39.8 Å². The van der Waals surface area contributed by atoms with Crippen LogP contribution in [-0.4, -0.2) is 22.1 Å². The lowest BCUT2D eigenvalue weighted by molar-refractivity contribution is -0.121. The molecule has 1 heterocycles. The van der Waals surface area contributed by atoms with Crippen molar-refractivity contribution in [2.45, 2.75) is 25.2 Å². The predicted molar refractivity (Wildman–Crippen MR) is 81.8 cm³/mol. The summed E-state index contributed by atoms with van der Waals surface area (Å²) < 4.78 is 11.7. The van der Waals surface area contributed by atoms with Crippen molar-refractivity contribution in [3.63, 3.8) is 0 Å². The molecule has 1 amide bonds. The zero-order chi connectivity index (χ0) is 14.7. The average molecular weight is 290 g/mol. The van der Waals surface area contributed by atoms with Gasteiger partial charge in [0, 0.05) is 23.5 Å². The molecule has 2 atom stereocenters. The fraction of sp³-hybridized carbons (Fsp3) is 0.333. The molecule has 0 bridgehead atoms. The molecule has 5 heteroatoms. The van der Waals surface area contributed by atoms with Gasteiger partial charge in [-0.25, -0.2) is 5.43 Å². The Hall–Kier alpha value is -1.75. The van der Waals surface area contributed by atoms with Crippen LogP contribution in [0.2, 0.25) is 0 Å². The van der Waals surface area contributed by atoms with E-state index in [0.29, 0.717) is 6.42 Å². The Labute approximate surface area is 121 Å². The number of hydrogen-bond acceptors (Lipinski definition) is 3. The lowest BCUT2D eigenvalue weighted by atomic mass is 9.93. The van der Waals surface area contributed by atoms with Gasteiger partial charge in [-0.05, 0) is 30.2 Å². The summed E-state index contributed by atoms with van der Waals surface area (Å²) in [6, 6.07) is 7.60. The monoisotopic (exact) mass is 290 g/mol. The zero-order valence-electron chi connectivity index (χ0n) is 11.8. The maximum Gasteiger partial charge on any atom is 0.240 e. The van der Waals surface area contributed by atoms with Crippen LogP contribution >= 0.6 is 0 Å². The largest absolute Gasteiger partial charge is 0.273 e. The van der Waals surface area contributed by atoms with Crippen LogP contribution in [0.3, 0.4) is 0 Å². The molecular formula is C15H18N2O2S. The molecule has 2 unspecified atom stereocenters. The van der Waals surface area contributed by atoms with Gasteiger partial charge >= 0.3 is 0 Å². The first-order chi connectivity index (χ1) is 9.49. The highest BCUT2D eigenvalue weighted by atomic mass is 32.2. The molecule has 0 spiro atoms. The van der Waals surface area contributed by atoms with Crippen LogP contribution in [0.25, 0.3) is 6.08 Å². The van der Waals surface area contributed by atoms with Crippen LogP contribution in [-0.2, 0) is 15.6 Å². The van der Waals surface area contributed by atoms with Crippen LogP contribution in [0, 0.1) is 5.92 Å². The van der Waals surface area contributed by atoms with E-state index in [1.807, 2.05) is 44.2 Å². The van der Waals surface area contributed by atoms with Gasteiger partial charge in [-0.1, -0.05) is 25.1 Å². The Kier molecular flexibility index (Phi) is 4.49. The molecule has 0 saturated heterocycles. The molecule has 0 radical (unpaired) electrons. The third-order valence-electron chi connectivity index (χ3n) is 3.26. The molecule has 0 saturated carbocycles. The maximum atomic E-state index is 11.7. The van der Waals surface area contributed by atoms with E-state index in [-0.39, 0.29) is 11.8 Å². The van der Waals surface area contributed by atoms with E-state index in [1.54, 1.807) is 6.26 Å². The summed E-state index contributed by atoms with van der Waals surface area (Å²) in [7, 11) is -1.03. The fourth-order valence-electron chi connectivity index (χ4n) is 2.30. The number of carbonyl (C=O) groups is 1. The molecular weight excluding hydrogens is 272 g/mol. The second-order valence-electron chi connectivity index (χ2n) is 4.96. The SMILES string of the molecule is CC(=Cc1ccccc1S(C)=O)C1=NNC(=O)CC1C. The van der Waals surface area contributed by atoms with E-state index in [2.05, 4.69) is 10.5 Å². The first-order valence-corrected chi connectivity index (χ1v) is 8.02. The summed E-state index contributed by atoms with van der Waals surface area (Å²) in [5.41, 5.74) is 5.30. The summed E-state index contributed by atoms with van der Waals surface area (Å²) >= 11 is 0. The molecule has 1 aliphatic heterocycles. The van der Waals surface area contributed by atoms with E-state index in [4.69, 9.17) is 0 Å². The van der Waals surface area contributed by atoms with Gasteiger partial charge in [0.2, 0.25) is 5.91 Å². The Morgan fingerprint density at radius 1 is 1.45 bits per heavy atom. The number of benzene rings is 1. The average Bonchev–Trinajstić information content (AvgIpc) is 2.38. The molecule has 1 aromatic carbocycles. The molecule has 0 aromatic heterocycles. The number of carbonyl (C=O) groups excluding carboxylic acids is 1. The van der Waals surface area contributed by atoms with Crippen molar-refractivity contribution < 1.29 is 9.00 Å². The molecule has 1 N–H and O–H groups in total. The number of nitrogens with one attached hydrogen (secondary N) is 1. The molecule has 1 aromatic rings. The highest BCUT2D eigenvalue weighted by Gasteiger charge is 2.21. The van der Waals surface area contributed by atoms with Gasteiger partial charge in [0.25, 0.3) is 0 Å². The third kappa shape index (κ3) is 3.22. The van der Waals surface area contributed by atoms with E-state index in [0.717, 1.165) is 21.7 Å². The number of hydrogen-bond donors (Lipinski definition) is 1. The first kappa shape index (κ1) is 14.7. The molecule has 20 heavy (non-hydrogen) atoms. The van der Waals surface area contributed by atoms with Gasteiger partial charge in [-0.3, -0.25) is 9.00 Å². The fourth-order valence-corrected chi connectivity index (χ4v) is 3.03. The van der Waals surface area contributed by atoms with Crippen molar-refractivity contribution in [1.82, 2.24) is 5.43 Å². The van der Waals surface area contributed by atoms with E-state index in [1.165, 1.54) is 0 Å². The summed E-state index contributed by atoms with van der Waals surface area (Å²) in [5.74, 6) is 0.0448. The van der Waals surface area contributed by atoms with E-state index >= 15 is 0 Å². The van der Waals surface area contributed by atoms with Crippen molar-refractivity contribution in [3.8, 4) is 0 Å². The smallest absolute Gasteiger partial charge is 0.240 e. The number of rotatable bonds is 3. The van der Waals surface area contributed by atoms with Gasteiger partial charge in [0.15, 0.2) is 0 Å². The topological polar surface area (TPSA) is 58.5 Å². The van der Waals surface area contributed by atoms with Crippen LogP contribution in [0.5, 0.6) is 0 Å². The van der Waals surface area contributed by atoms with Crippen molar-refractivity contribution >= 4 is 28.5 Å². The first-order valence-electron chi connectivity index (χ1n) is 6.46. The number of allylic oxidation sites excluding steroid dienone is 1. The molecule has 4 nitrogen and oxygen atoms in total. The van der Waals surface area contributed by atoms with Gasteiger partial charge in [-0.2, -0.15) is 5.10 Å². The minimum absolute atomic E-state index is 0.0517. The van der Waals surface area contributed by atoms with Crippen LogP contribution in [0.4, 0.5) is 0 Å². The van der Waals surface area contributed by atoms with Crippen molar-refractivity contribution in [1.29, 1.82) is 0 Å². The Morgan fingerprint density at radius 2 is 2.15 bits per heavy atom. The van der Waals surface area contributed by atoms with E-state index < -0.39 is 10.8 Å². The highest BCUT2D eigenvalue weighted by Crippen LogP contribution is 2.20. The Morgan fingerprint density at radius 3 is 2.80 bits per heavy atom. The quantitative estimate of drug-likeness (QED) is 0.929. The second kappa shape index (κ2) is 6.13. The van der Waals surface area contributed by atoms with Gasteiger partial charge in [0.1, 0.15) is 0 Å². The second-order valence-corrected chi connectivity index (χ2v) is 6.30. The highest BCUT2D eigenvalue weighted by molar-refractivity contribution is 7.84. The third-order valence-corrected chi connectivity index (χ3v) is 4.26. The molecule has 0 fully saturated rings. The number of amides is 1. The van der Waals surface area contributed by atoms with Crippen molar-refractivity contribution in [2.75, 3.05) is 6.26 Å². The maximum absolute atomic E-state index is 11.7. The molecule has 0 aliphatic carbocycles. The summed E-state index contributed by atoms with van der Waals surface area (Å²) in [6.07, 6.45) is 4.10. The van der Waals surface area contributed by atoms with Gasteiger partial charge in [-0.15, -0.1) is 0 Å². The molecule has 2 rings (SSSR count).